The predicted octanol–water partition coefficient (Wildman–Crippen LogP) is 1.85. The molecule has 0 fully saturated rings. The van der Waals surface area contributed by atoms with E-state index in [0.29, 0.717) is 0 Å². The minimum absolute atomic E-state index is 0.0766. The second-order valence-electron chi connectivity index (χ2n) is 1.98. The molecule has 1 heterocycles. The molecule has 2 nitrogen and oxygen atoms in total. The van der Waals surface area contributed by atoms with Crippen molar-refractivity contribution in [3.05, 3.63) is 36.2 Å². The maximum Gasteiger partial charge on any atom is 0.0625 e. The molecule has 11 heavy (non-hydrogen) atoms. The van der Waals surface area contributed by atoms with Gasteiger partial charge < -0.3 is 5.11 Å². The minimum Gasteiger partial charge on any atom is -0.392 e. The summed E-state index contributed by atoms with van der Waals surface area (Å²) >= 11 is 2.17. The molecule has 1 aromatic rings. The molecule has 0 aliphatic carbocycles. The molecule has 0 bridgehead atoms. The van der Waals surface area contributed by atoms with Crippen LogP contribution in [0, 0.1) is 0 Å². The highest BCUT2D eigenvalue weighted by molar-refractivity contribution is 14.1. The Labute approximate surface area is 79.1 Å². The number of hydrogen-bond acceptors (Lipinski definition) is 2. The standard InChI is InChI=1S/C8H8INO/c9-8(3-5-11)7-2-1-4-10-6-7/h1-4,6,11H,5H2. The van der Waals surface area contributed by atoms with Crippen molar-refractivity contribution < 1.29 is 5.11 Å². The maximum absolute atomic E-state index is 8.60. The molecule has 0 aliphatic rings. The Hall–Kier alpha value is -0.420. The highest BCUT2D eigenvalue weighted by atomic mass is 127. The number of halogens is 1. The molecule has 1 N–H and O–H groups in total. The molecule has 0 radical (unpaired) electrons. The van der Waals surface area contributed by atoms with Gasteiger partial charge in [0.25, 0.3) is 0 Å². The molecule has 0 amide bonds. The third-order valence-corrected chi connectivity index (χ3v) is 2.27. The summed E-state index contributed by atoms with van der Waals surface area (Å²) in [6, 6.07) is 3.83. The van der Waals surface area contributed by atoms with Crippen LogP contribution in [-0.4, -0.2) is 16.7 Å². The second kappa shape index (κ2) is 4.46. The van der Waals surface area contributed by atoms with Crippen molar-refractivity contribution in [2.75, 3.05) is 6.61 Å². The molecule has 0 aliphatic heterocycles. The van der Waals surface area contributed by atoms with Crippen LogP contribution < -0.4 is 0 Å². The summed E-state index contributed by atoms with van der Waals surface area (Å²) in [5.74, 6) is 0. The number of aliphatic hydroxyl groups excluding tert-OH is 1. The zero-order chi connectivity index (χ0) is 8.10. The molecular weight excluding hydrogens is 253 g/mol. The smallest absolute Gasteiger partial charge is 0.0625 e. The molecule has 0 atom stereocenters. The van der Waals surface area contributed by atoms with Gasteiger partial charge in [-0.1, -0.05) is 6.07 Å². The van der Waals surface area contributed by atoms with Crippen LogP contribution in [0.2, 0.25) is 0 Å². The third kappa shape index (κ3) is 2.59. The van der Waals surface area contributed by atoms with Gasteiger partial charge in [-0.05, 0) is 34.7 Å². The van der Waals surface area contributed by atoms with Crippen LogP contribution in [-0.2, 0) is 0 Å². The van der Waals surface area contributed by atoms with E-state index in [1.165, 1.54) is 0 Å². The van der Waals surface area contributed by atoms with Crippen LogP contribution in [0.1, 0.15) is 5.56 Å². The SMILES string of the molecule is OCC=C(I)c1cccnc1. The summed E-state index contributed by atoms with van der Waals surface area (Å²) in [5.41, 5.74) is 1.04. The van der Waals surface area contributed by atoms with Crippen molar-refractivity contribution in [3.63, 3.8) is 0 Å². The highest BCUT2D eigenvalue weighted by Crippen LogP contribution is 2.19. The van der Waals surface area contributed by atoms with Crippen molar-refractivity contribution in [2.45, 2.75) is 0 Å². The van der Waals surface area contributed by atoms with Crippen LogP contribution in [0.25, 0.3) is 3.58 Å². The fraction of sp³-hybridized carbons (Fsp3) is 0.125. The van der Waals surface area contributed by atoms with Crippen molar-refractivity contribution >= 4 is 26.2 Å². The first-order valence-corrected chi connectivity index (χ1v) is 4.29. The van der Waals surface area contributed by atoms with Gasteiger partial charge >= 0.3 is 0 Å². The van der Waals surface area contributed by atoms with Crippen LogP contribution in [0.15, 0.2) is 30.6 Å². The summed E-state index contributed by atoms with van der Waals surface area (Å²) in [5, 5.41) is 8.60. The first kappa shape index (κ1) is 8.67. The van der Waals surface area contributed by atoms with Crippen molar-refractivity contribution in [3.8, 4) is 0 Å². The Kier molecular flexibility index (Phi) is 3.51. The number of hydrogen-bond donors (Lipinski definition) is 1. The van der Waals surface area contributed by atoms with Gasteiger partial charge in [0.05, 0.1) is 6.61 Å². The van der Waals surface area contributed by atoms with E-state index in [0.717, 1.165) is 9.14 Å². The molecule has 0 spiro atoms. The summed E-state index contributed by atoms with van der Waals surface area (Å²) in [6.45, 7) is 0.0766. The molecule has 0 unspecified atom stereocenters. The minimum atomic E-state index is 0.0766. The van der Waals surface area contributed by atoms with Crippen LogP contribution in [0.4, 0.5) is 0 Å². The van der Waals surface area contributed by atoms with Crippen molar-refractivity contribution in [2.24, 2.45) is 0 Å². The van der Waals surface area contributed by atoms with Crippen molar-refractivity contribution in [1.29, 1.82) is 0 Å². The van der Waals surface area contributed by atoms with Gasteiger partial charge in [-0.15, -0.1) is 0 Å². The largest absolute Gasteiger partial charge is 0.392 e. The lowest BCUT2D eigenvalue weighted by molar-refractivity contribution is 0.343. The summed E-state index contributed by atoms with van der Waals surface area (Å²) in [4.78, 5) is 3.96. The lowest BCUT2D eigenvalue weighted by atomic mass is 10.3. The van der Waals surface area contributed by atoms with Gasteiger partial charge in [-0.3, -0.25) is 4.98 Å². The summed E-state index contributed by atoms with van der Waals surface area (Å²) in [7, 11) is 0. The quantitative estimate of drug-likeness (QED) is 0.824. The van der Waals surface area contributed by atoms with Gasteiger partial charge in [-0.2, -0.15) is 0 Å². The van der Waals surface area contributed by atoms with Gasteiger partial charge in [0.2, 0.25) is 0 Å². The topological polar surface area (TPSA) is 33.1 Å². The molecular formula is C8H8INO. The van der Waals surface area contributed by atoms with Gasteiger partial charge in [-0.25, -0.2) is 0 Å². The Bertz CT molecular complexity index is 246. The Balaban J connectivity index is 2.85. The molecule has 1 aromatic heterocycles. The van der Waals surface area contributed by atoms with Gasteiger partial charge in [0.15, 0.2) is 0 Å². The van der Waals surface area contributed by atoms with E-state index < -0.39 is 0 Å². The first-order chi connectivity index (χ1) is 5.34. The first-order valence-electron chi connectivity index (χ1n) is 3.21. The third-order valence-electron chi connectivity index (χ3n) is 1.21. The van der Waals surface area contributed by atoms with Crippen LogP contribution in [0.3, 0.4) is 0 Å². The van der Waals surface area contributed by atoms with Gasteiger partial charge in [0.1, 0.15) is 0 Å². The average Bonchev–Trinajstić information content (AvgIpc) is 2.07. The zero-order valence-corrected chi connectivity index (χ0v) is 8.02. The molecule has 1 rings (SSSR count). The predicted molar refractivity (Wildman–Crippen MR) is 53.3 cm³/mol. The lowest BCUT2D eigenvalue weighted by Crippen LogP contribution is -1.80. The molecule has 58 valence electrons. The van der Waals surface area contributed by atoms with E-state index in [1.807, 2.05) is 12.1 Å². The van der Waals surface area contributed by atoms with Crippen LogP contribution in [0.5, 0.6) is 0 Å². The fourth-order valence-electron chi connectivity index (χ4n) is 0.702. The maximum atomic E-state index is 8.60. The monoisotopic (exact) mass is 261 g/mol. The number of aliphatic hydroxyl groups is 1. The number of aromatic nitrogens is 1. The number of rotatable bonds is 2. The van der Waals surface area contributed by atoms with E-state index in [1.54, 1.807) is 18.5 Å². The lowest BCUT2D eigenvalue weighted by Gasteiger charge is -1.95. The summed E-state index contributed by atoms with van der Waals surface area (Å²) < 4.78 is 1.03. The molecule has 0 aromatic carbocycles. The number of nitrogens with zero attached hydrogens (tertiary/aromatic N) is 1. The second-order valence-corrected chi connectivity index (χ2v) is 3.14. The van der Waals surface area contributed by atoms with E-state index in [-0.39, 0.29) is 6.61 Å². The van der Waals surface area contributed by atoms with Crippen LogP contribution >= 0.6 is 22.6 Å². The number of pyridine rings is 1. The van der Waals surface area contributed by atoms with E-state index in [2.05, 4.69) is 27.6 Å². The fourth-order valence-corrected chi connectivity index (χ4v) is 1.22. The summed E-state index contributed by atoms with van der Waals surface area (Å²) in [6.07, 6.45) is 5.25. The van der Waals surface area contributed by atoms with Gasteiger partial charge in [0, 0.05) is 21.5 Å². The van der Waals surface area contributed by atoms with E-state index >= 15 is 0 Å². The van der Waals surface area contributed by atoms with Crippen molar-refractivity contribution in [1.82, 2.24) is 4.98 Å². The molecule has 3 heteroatoms. The van der Waals surface area contributed by atoms with E-state index in [4.69, 9.17) is 5.11 Å². The normalized spacial score (nSPS) is 11.6. The Morgan fingerprint density at radius 3 is 3.09 bits per heavy atom. The Morgan fingerprint density at radius 2 is 2.55 bits per heavy atom. The molecule has 0 saturated heterocycles. The zero-order valence-electron chi connectivity index (χ0n) is 5.87. The van der Waals surface area contributed by atoms with E-state index in [9.17, 15) is 0 Å². The highest BCUT2D eigenvalue weighted by Gasteiger charge is 1.93. The Morgan fingerprint density at radius 1 is 1.73 bits per heavy atom. The molecule has 0 saturated carbocycles. The average molecular weight is 261 g/mol.